The van der Waals surface area contributed by atoms with Crippen LogP contribution in [-0.4, -0.2) is 37.2 Å². The van der Waals surface area contributed by atoms with Crippen LogP contribution in [0.3, 0.4) is 0 Å². The number of esters is 3. The molecule has 0 aromatic heterocycles. The van der Waals surface area contributed by atoms with Crippen LogP contribution in [0.2, 0.25) is 0 Å². The predicted octanol–water partition coefficient (Wildman–Crippen LogP) is 15.0. The third kappa shape index (κ3) is 41.3. The van der Waals surface area contributed by atoms with Crippen molar-refractivity contribution >= 4 is 17.9 Å². The van der Waals surface area contributed by atoms with Gasteiger partial charge in [-0.2, -0.15) is 0 Å². The maximum Gasteiger partial charge on any atom is 0.306 e. The van der Waals surface area contributed by atoms with Gasteiger partial charge in [0.2, 0.25) is 0 Å². The summed E-state index contributed by atoms with van der Waals surface area (Å²) in [6.45, 7) is 6.61. The number of carbonyl (C=O) groups is 3. The Morgan fingerprint density at radius 1 is 0.352 bits per heavy atom. The van der Waals surface area contributed by atoms with Crippen LogP contribution >= 0.6 is 0 Å². The van der Waals surface area contributed by atoms with Crippen LogP contribution in [0.25, 0.3) is 0 Å². The molecule has 0 saturated carbocycles. The van der Waals surface area contributed by atoms with E-state index in [1.165, 1.54) is 154 Å². The summed E-state index contributed by atoms with van der Waals surface area (Å²) in [5, 5.41) is 0. The van der Waals surface area contributed by atoms with Crippen LogP contribution in [-0.2, 0) is 28.6 Å². The monoisotopic (exact) mass is 763 g/mol. The van der Waals surface area contributed by atoms with E-state index in [2.05, 4.69) is 32.9 Å². The zero-order chi connectivity index (χ0) is 39.4. The number of carbonyl (C=O) groups excluding carboxylic acids is 3. The third-order valence-electron chi connectivity index (χ3n) is 10.5. The van der Waals surface area contributed by atoms with Crippen molar-refractivity contribution in [1.82, 2.24) is 0 Å². The number of rotatable bonds is 43. The summed E-state index contributed by atoms with van der Waals surface area (Å²) in [4.78, 5) is 37.7. The molecule has 0 radical (unpaired) electrons. The second-order valence-corrected chi connectivity index (χ2v) is 16.0. The standard InChI is InChI=1S/C48H90O6/c1-4-7-10-13-16-19-21-23-25-26-29-32-35-38-41-47(50)53-44-45(43-52-46(49)40-37-34-31-28-18-15-12-9-6-3)54-48(51)42-39-36-33-30-27-24-22-20-17-14-11-8-5-2/h25-26,45H,4-24,27-44H2,1-3H3/b26-25-. The minimum atomic E-state index is -0.767. The summed E-state index contributed by atoms with van der Waals surface area (Å²) >= 11 is 0. The molecule has 0 saturated heterocycles. The molecule has 0 aliphatic rings. The molecule has 0 aliphatic heterocycles. The summed E-state index contributed by atoms with van der Waals surface area (Å²) in [5.41, 5.74) is 0. The van der Waals surface area contributed by atoms with E-state index in [1.54, 1.807) is 0 Å². The van der Waals surface area contributed by atoms with Gasteiger partial charge in [-0.3, -0.25) is 14.4 Å². The smallest absolute Gasteiger partial charge is 0.306 e. The number of allylic oxidation sites excluding steroid dienone is 2. The molecule has 0 aromatic carbocycles. The first-order valence-electron chi connectivity index (χ1n) is 23.7. The van der Waals surface area contributed by atoms with Gasteiger partial charge in [-0.05, 0) is 44.9 Å². The van der Waals surface area contributed by atoms with Crippen LogP contribution in [0.5, 0.6) is 0 Å². The number of ether oxygens (including phenoxy) is 3. The van der Waals surface area contributed by atoms with Crippen molar-refractivity contribution in [3.8, 4) is 0 Å². The molecule has 318 valence electrons. The van der Waals surface area contributed by atoms with Gasteiger partial charge in [-0.25, -0.2) is 0 Å². The SMILES string of the molecule is CCCCCCCCC/C=C\CCCCCC(=O)OCC(COC(=O)CCCCCCCCCCC)OC(=O)CCCCCCCCCCCCCCC. The van der Waals surface area contributed by atoms with E-state index in [0.29, 0.717) is 19.3 Å². The molecule has 0 bridgehead atoms. The fourth-order valence-electron chi connectivity index (χ4n) is 6.91. The fourth-order valence-corrected chi connectivity index (χ4v) is 6.91. The Labute approximate surface area is 335 Å². The Kier molecular flexibility index (Phi) is 42.4. The average molecular weight is 763 g/mol. The summed E-state index contributed by atoms with van der Waals surface area (Å²) in [7, 11) is 0. The first-order chi connectivity index (χ1) is 26.5. The maximum absolute atomic E-state index is 12.7. The molecule has 0 fully saturated rings. The van der Waals surface area contributed by atoms with Crippen molar-refractivity contribution < 1.29 is 28.6 Å². The van der Waals surface area contributed by atoms with Crippen molar-refractivity contribution in [1.29, 1.82) is 0 Å². The highest BCUT2D eigenvalue weighted by Crippen LogP contribution is 2.15. The van der Waals surface area contributed by atoms with E-state index >= 15 is 0 Å². The van der Waals surface area contributed by atoms with Gasteiger partial charge in [0.1, 0.15) is 13.2 Å². The normalized spacial score (nSPS) is 12.0. The lowest BCUT2D eigenvalue weighted by molar-refractivity contribution is -0.167. The lowest BCUT2D eigenvalue weighted by Crippen LogP contribution is -2.30. The number of hydrogen-bond acceptors (Lipinski definition) is 6. The molecular formula is C48H90O6. The first-order valence-corrected chi connectivity index (χ1v) is 23.7. The molecule has 0 rings (SSSR count). The number of hydrogen-bond donors (Lipinski definition) is 0. The van der Waals surface area contributed by atoms with Crippen molar-refractivity contribution in [2.45, 2.75) is 264 Å². The highest BCUT2D eigenvalue weighted by Gasteiger charge is 2.19. The van der Waals surface area contributed by atoms with Crippen molar-refractivity contribution in [2.24, 2.45) is 0 Å². The van der Waals surface area contributed by atoms with E-state index < -0.39 is 6.10 Å². The van der Waals surface area contributed by atoms with Gasteiger partial charge in [0.25, 0.3) is 0 Å². The Morgan fingerprint density at radius 2 is 0.611 bits per heavy atom. The van der Waals surface area contributed by atoms with Gasteiger partial charge in [0.15, 0.2) is 6.10 Å². The van der Waals surface area contributed by atoms with Gasteiger partial charge in [0.05, 0.1) is 0 Å². The highest BCUT2D eigenvalue weighted by molar-refractivity contribution is 5.71. The topological polar surface area (TPSA) is 78.9 Å². The molecule has 0 N–H and O–H groups in total. The quantitative estimate of drug-likeness (QED) is 0.0266. The maximum atomic E-state index is 12.7. The summed E-state index contributed by atoms with van der Waals surface area (Å²) in [6.07, 6.45) is 46.2. The van der Waals surface area contributed by atoms with E-state index in [4.69, 9.17) is 14.2 Å². The van der Waals surface area contributed by atoms with Crippen molar-refractivity contribution in [2.75, 3.05) is 13.2 Å². The zero-order valence-corrected chi connectivity index (χ0v) is 36.3. The minimum absolute atomic E-state index is 0.0704. The molecule has 0 aliphatic carbocycles. The van der Waals surface area contributed by atoms with Crippen molar-refractivity contribution in [3.63, 3.8) is 0 Å². The molecule has 0 heterocycles. The predicted molar refractivity (Wildman–Crippen MR) is 229 cm³/mol. The van der Waals surface area contributed by atoms with Crippen LogP contribution in [0, 0.1) is 0 Å². The van der Waals surface area contributed by atoms with E-state index in [0.717, 1.165) is 64.2 Å². The molecule has 0 aromatic rings. The molecule has 0 amide bonds. The van der Waals surface area contributed by atoms with Gasteiger partial charge in [0, 0.05) is 19.3 Å². The second-order valence-electron chi connectivity index (χ2n) is 16.0. The van der Waals surface area contributed by atoms with E-state index in [1.807, 2.05) is 0 Å². The molecule has 54 heavy (non-hydrogen) atoms. The Bertz CT molecular complexity index is 839. The largest absolute Gasteiger partial charge is 0.462 e. The van der Waals surface area contributed by atoms with Crippen LogP contribution in [0.1, 0.15) is 258 Å². The molecule has 6 nitrogen and oxygen atoms in total. The summed E-state index contributed by atoms with van der Waals surface area (Å²) in [5.74, 6) is -0.879. The van der Waals surface area contributed by atoms with Crippen LogP contribution < -0.4 is 0 Å². The van der Waals surface area contributed by atoms with E-state index in [-0.39, 0.29) is 31.1 Å². The number of unbranched alkanes of at least 4 members (excludes halogenated alkanes) is 30. The Morgan fingerprint density at radius 3 is 0.944 bits per heavy atom. The Balaban J connectivity index is 4.33. The molecular weight excluding hydrogens is 673 g/mol. The Hall–Kier alpha value is -1.85. The van der Waals surface area contributed by atoms with Gasteiger partial charge in [-0.15, -0.1) is 0 Å². The second kappa shape index (κ2) is 43.9. The third-order valence-corrected chi connectivity index (χ3v) is 10.5. The van der Waals surface area contributed by atoms with Gasteiger partial charge < -0.3 is 14.2 Å². The minimum Gasteiger partial charge on any atom is -0.462 e. The fraction of sp³-hybridized carbons (Fsp3) is 0.896. The summed E-state index contributed by atoms with van der Waals surface area (Å²) in [6, 6.07) is 0. The first kappa shape index (κ1) is 52.2. The van der Waals surface area contributed by atoms with Gasteiger partial charge in [-0.1, -0.05) is 206 Å². The lowest BCUT2D eigenvalue weighted by Gasteiger charge is -2.18. The van der Waals surface area contributed by atoms with E-state index in [9.17, 15) is 14.4 Å². The van der Waals surface area contributed by atoms with Crippen LogP contribution in [0.4, 0.5) is 0 Å². The zero-order valence-electron chi connectivity index (χ0n) is 36.3. The lowest BCUT2D eigenvalue weighted by atomic mass is 10.0. The summed E-state index contributed by atoms with van der Waals surface area (Å²) < 4.78 is 16.7. The average Bonchev–Trinajstić information content (AvgIpc) is 3.17. The highest BCUT2D eigenvalue weighted by atomic mass is 16.6. The van der Waals surface area contributed by atoms with Crippen molar-refractivity contribution in [3.05, 3.63) is 12.2 Å². The molecule has 1 atom stereocenters. The van der Waals surface area contributed by atoms with Gasteiger partial charge >= 0.3 is 17.9 Å². The molecule has 0 spiro atoms. The van der Waals surface area contributed by atoms with Crippen LogP contribution in [0.15, 0.2) is 12.2 Å². The molecule has 1 unspecified atom stereocenters. The molecule has 6 heteroatoms.